The molecule has 4 rings (SSSR count). The van der Waals surface area contributed by atoms with Crippen LogP contribution < -0.4 is 5.32 Å². The smallest absolute Gasteiger partial charge is 0.419 e. The van der Waals surface area contributed by atoms with E-state index in [9.17, 15) is 41.5 Å². The summed E-state index contributed by atoms with van der Waals surface area (Å²) in [5.74, 6) is -5.62. The molecule has 0 bridgehead atoms. The maximum atomic E-state index is 14.4. The lowest BCUT2D eigenvalue weighted by Crippen LogP contribution is -2.50. The van der Waals surface area contributed by atoms with Gasteiger partial charge in [-0.3, -0.25) is 24.0 Å². The number of hydrogen-bond donors (Lipinski definition) is 1. The SMILES string of the molecule is CCOC(=O)C(COC(=O)Cc1ccc(NC(=O)c2ccccc2-c2ccc(C(F)(F)F)c(F)c2)c(C(=O)N(C)C)c1)(C(=O)OCC)c1ccccc1. The zero-order valence-corrected chi connectivity index (χ0v) is 29.2. The fourth-order valence-corrected chi connectivity index (χ4v) is 5.42. The molecule has 14 heteroatoms. The van der Waals surface area contributed by atoms with Gasteiger partial charge >= 0.3 is 24.1 Å². The number of ether oxygens (including phenoxy) is 3. The molecule has 0 spiro atoms. The van der Waals surface area contributed by atoms with Crippen LogP contribution >= 0.6 is 0 Å². The number of halogens is 4. The molecule has 0 aliphatic carbocycles. The molecular weight excluding hydrogens is 700 g/mol. The van der Waals surface area contributed by atoms with Crippen LogP contribution in [0.15, 0.2) is 91.0 Å². The van der Waals surface area contributed by atoms with Gasteiger partial charge in [-0.15, -0.1) is 0 Å². The van der Waals surface area contributed by atoms with E-state index in [1.54, 1.807) is 32.0 Å². The second-order valence-electron chi connectivity index (χ2n) is 11.8. The van der Waals surface area contributed by atoms with Crippen molar-refractivity contribution in [3.8, 4) is 11.1 Å². The van der Waals surface area contributed by atoms with Crippen molar-refractivity contribution in [1.29, 1.82) is 0 Å². The van der Waals surface area contributed by atoms with Crippen LogP contribution in [0, 0.1) is 5.82 Å². The minimum absolute atomic E-state index is 0.0156. The number of carbonyl (C=O) groups excluding carboxylic acids is 5. The summed E-state index contributed by atoms with van der Waals surface area (Å²) in [4.78, 5) is 67.8. The Kier molecular flexibility index (Phi) is 12.7. The molecule has 0 atom stereocenters. The number of nitrogens with zero attached hydrogens (tertiary/aromatic N) is 1. The van der Waals surface area contributed by atoms with Gasteiger partial charge in [-0.1, -0.05) is 60.7 Å². The first-order chi connectivity index (χ1) is 25.1. The van der Waals surface area contributed by atoms with Crippen LogP contribution in [-0.2, 0) is 46.6 Å². The molecule has 53 heavy (non-hydrogen) atoms. The second kappa shape index (κ2) is 17.0. The van der Waals surface area contributed by atoms with Gasteiger partial charge in [0.15, 0.2) is 0 Å². The molecule has 278 valence electrons. The Morgan fingerprint density at radius 1 is 0.736 bits per heavy atom. The summed E-state index contributed by atoms with van der Waals surface area (Å²) >= 11 is 0. The largest absolute Gasteiger partial charge is 0.465 e. The Labute approximate surface area is 302 Å². The Morgan fingerprint density at radius 2 is 1.36 bits per heavy atom. The number of benzene rings is 4. The highest BCUT2D eigenvalue weighted by Crippen LogP contribution is 2.35. The van der Waals surface area contributed by atoms with E-state index in [1.807, 2.05) is 0 Å². The van der Waals surface area contributed by atoms with Crippen molar-refractivity contribution < 1.29 is 55.7 Å². The molecular formula is C39H36F4N2O8. The molecule has 0 heterocycles. The molecule has 0 aliphatic rings. The molecule has 4 aromatic carbocycles. The first kappa shape index (κ1) is 39.7. The number of amides is 2. The zero-order valence-electron chi connectivity index (χ0n) is 29.2. The molecule has 2 amide bonds. The summed E-state index contributed by atoms with van der Waals surface area (Å²) in [5.41, 5.74) is -2.97. The highest BCUT2D eigenvalue weighted by Gasteiger charge is 2.52. The van der Waals surface area contributed by atoms with E-state index in [2.05, 4.69) is 5.32 Å². The minimum atomic E-state index is -4.91. The van der Waals surface area contributed by atoms with Gasteiger partial charge in [-0.25, -0.2) is 4.39 Å². The lowest BCUT2D eigenvalue weighted by Gasteiger charge is -2.29. The highest BCUT2D eigenvalue weighted by atomic mass is 19.4. The van der Waals surface area contributed by atoms with Gasteiger partial charge in [0.1, 0.15) is 12.4 Å². The van der Waals surface area contributed by atoms with Crippen LogP contribution in [0.2, 0.25) is 0 Å². The molecule has 0 saturated heterocycles. The monoisotopic (exact) mass is 736 g/mol. The maximum absolute atomic E-state index is 14.4. The van der Waals surface area contributed by atoms with E-state index in [0.29, 0.717) is 12.1 Å². The molecule has 0 aromatic heterocycles. The predicted molar refractivity (Wildman–Crippen MR) is 185 cm³/mol. The van der Waals surface area contributed by atoms with E-state index in [-0.39, 0.29) is 52.3 Å². The average molecular weight is 737 g/mol. The summed E-state index contributed by atoms with van der Waals surface area (Å²) < 4.78 is 69.8. The minimum Gasteiger partial charge on any atom is -0.465 e. The van der Waals surface area contributed by atoms with Gasteiger partial charge in [-0.05, 0) is 66.4 Å². The van der Waals surface area contributed by atoms with E-state index >= 15 is 0 Å². The fraction of sp³-hybridized carbons (Fsp3) is 0.256. The first-order valence-corrected chi connectivity index (χ1v) is 16.3. The molecule has 0 saturated carbocycles. The number of esters is 3. The van der Waals surface area contributed by atoms with Crippen molar-refractivity contribution >= 4 is 35.4 Å². The predicted octanol–water partition coefficient (Wildman–Crippen LogP) is 6.62. The van der Waals surface area contributed by atoms with Gasteiger partial charge in [-0.2, -0.15) is 13.2 Å². The van der Waals surface area contributed by atoms with E-state index in [1.165, 1.54) is 73.6 Å². The van der Waals surface area contributed by atoms with Crippen molar-refractivity contribution in [1.82, 2.24) is 4.90 Å². The normalized spacial score (nSPS) is 11.3. The Bertz CT molecular complexity index is 1980. The fourth-order valence-electron chi connectivity index (χ4n) is 5.42. The molecule has 0 unspecified atom stereocenters. The van der Waals surface area contributed by atoms with Crippen LogP contribution in [0.5, 0.6) is 0 Å². The topological polar surface area (TPSA) is 128 Å². The molecule has 10 nitrogen and oxygen atoms in total. The molecule has 0 fully saturated rings. The van der Waals surface area contributed by atoms with Crippen LogP contribution in [-0.4, -0.2) is 68.5 Å². The zero-order chi connectivity index (χ0) is 38.9. The van der Waals surface area contributed by atoms with Crippen LogP contribution in [0.1, 0.15) is 51.3 Å². The molecule has 0 radical (unpaired) electrons. The van der Waals surface area contributed by atoms with Crippen molar-refractivity contribution in [3.63, 3.8) is 0 Å². The third-order valence-corrected chi connectivity index (χ3v) is 8.04. The summed E-state index contributed by atoms with van der Waals surface area (Å²) in [6.07, 6.45) is -5.32. The summed E-state index contributed by atoms with van der Waals surface area (Å²) in [7, 11) is 2.94. The van der Waals surface area contributed by atoms with E-state index < -0.39 is 65.7 Å². The molecule has 1 N–H and O–H groups in total. The van der Waals surface area contributed by atoms with Gasteiger partial charge < -0.3 is 24.4 Å². The van der Waals surface area contributed by atoms with Crippen molar-refractivity contribution in [3.05, 3.63) is 125 Å². The third kappa shape index (κ3) is 9.07. The number of hydrogen-bond acceptors (Lipinski definition) is 8. The Hall–Kier alpha value is -6.05. The number of nitrogens with one attached hydrogen (secondary N) is 1. The summed E-state index contributed by atoms with van der Waals surface area (Å²) in [6.45, 7) is 2.25. The van der Waals surface area contributed by atoms with Gasteiger partial charge in [0.05, 0.1) is 36.4 Å². The third-order valence-electron chi connectivity index (χ3n) is 8.04. The van der Waals surface area contributed by atoms with E-state index in [0.717, 1.165) is 6.07 Å². The Balaban J connectivity index is 1.61. The number of alkyl halides is 3. The van der Waals surface area contributed by atoms with Crippen molar-refractivity contribution in [2.75, 3.05) is 39.2 Å². The lowest BCUT2D eigenvalue weighted by molar-refractivity contribution is -0.170. The van der Waals surface area contributed by atoms with Gasteiger partial charge in [0.25, 0.3) is 11.8 Å². The number of carbonyl (C=O) groups is 5. The van der Waals surface area contributed by atoms with E-state index in [4.69, 9.17) is 14.2 Å². The van der Waals surface area contributed by atoms with Crippen LogP contribution in [0.3, 0.4) is 0 Å². The molecule has 0 aliphatic heterocycles. The quantitative estimate of drug-likeness (QED) is 0.0703. The van der Waals surface area contributed by atoms with Gasteiger partial charge in [0, 0.05) is 19.7 Å². The molecule has 4 aromatic rings. The summed E-state index contributed by atoms with van der Waals surface area (Å²) in [5, 5.41) is 2.64. The maximum Gasteiger partial charge on any atom is 0.419 e. The summed E-state index contributed by atoms with van der Waals surface area (Å²) in [6, 6.07) is 20.3. The lowest BCUT2D eigenvalue weighted by atomic mass is 9.81. The number of anilines is 1. The Morgan fingerprint density at radius 3 is 1.94 bits per heavy atom. The van der Waals surface area contributed by atoms with Crippen LogP contribution in [0.25, 0.3) is 11.1 Å². The average Bonchev–Trinajstić information content (AvgIpc) is 3.12. The van der Waals surface area contributed by atoms with Crippen LogP contribution in [0.4, 0.5) is 23.2 Å². The highest BCUT2D eigenvalue weighted by molar-refractivity contribution is 6.12. The second-order valence-corrected chi connectivity index (χ2v) is 11.8. The van der Waals surface area contributed by atoms with Crippen molar-refractivity contribution in [2.45, 2.75) is 31.9 Å². The standard InChI is InChI=1S/C39H36F4N2O8/c1-5-51-36(49)38(37(50)52-6-2,26-12-8-7-9-13-26)23-53-33(46)21-24-16-19-32(29(20-24)35(48)45(3)4)44-34(47)28-15-11-10-14-27(28)25-17-18-30(31(40)22-25)39(41,42)43/h7-20,22H,5-6,21,23H2,1-4H3,(H,44,47). The van der Waals surface area contributed by atoms with Gasteiger partial charge in [0.2, 0.25) is 5.41 Å². The number of rotatable bonds is 13. The van der Waals surface area contributed by atoms with Crippen molar-refractivity contribution in [2.24, 2.45) is 0 Å². The first-order valence-electron chi connectivity index (χ1n) is 16.3.